The number of hydrogen-bond acceptors (Lipinski definition) is 6. The van der Waals surface area contributed by atoms with Gasteiger partial charge in [0.05, 0.1) is 19.3 Å². The highest BCUT2D eigenvalue weighted by Gasteiger charge is 2.43. The van der Waals surface area contributed by atoms with Crippen LogP contribution >= 0.6 is 0 Å². The molecule has 0 aliphatic carbocycles. The molecule has 1 aromatic carbocycles. The summed E-state index contributed by atoms with van der Waals surface area (Å²) in [6.45, 7) is 13.5. The number of morpholine rings is 1. The summed E-state index contributed by atoms with van der Waals surface area (Å²) >= 11 is 0. The molecule has 2 saturated heterocycles. The summed E-state index contributed by atoms with van der Waals surface area (Å²) in [5.74, 6) is -0.354. The van der Waals surface area contributed by atoms with E-state index in [4.69, 9.17) is 10.5 Å². The predicted molar refractivity (Wildman–Crippen MR) is 140 cm³/mol. The zero-order valence-corrected chi connectivity index (χ0v) is 22.3. The lowest BCUT2D eigenvalue weighted by molar-refractivity contribution is -0.135. The lowest BCUT2D eigenvalue weighted by Crippen LogP contribution is -2.48. The van der Waals surface area contributed by atoms with Crippen molar-refractivity contribution in [1.29, 1.82) is 0 Å². The number of nitrogens with two attached hydrogens (primary N) is 1. The molecule has 0 radical (unpaired) electrons. The Bertz CT molecular complexity index is 892. The van der Waals surface area contributed by atoms with Gasteiger partial charge in [0.15, 0.2) is 0 Å². The number of benzene rings is 1. The number of rotatable bonds is 9. The van der Waals surface area contributed by atoms with Crippen LogP contribution in [0, 0.1) is 12.3 Å². The molecule has 2 fully saturated rings. The third-order valence-electron chi connectivity index (χ3n) is 6.79. The van der Waals surface area contributed by atoms with E-state index in [0.29, 0.717) is 57.8 Å². The second-order valence-electron chi connectivity index (χ2n) is 11.1. The number of likely N-dealkylation sites (tertiary alicyclic amines) is 1. The largest absolute Gasteiger partial charge is 0.379 e. The summed E-state index contributed by atoms with van der Waals surface area (Å²) < 4.78 is 5.46. The molecule has 2 unspecified atom stereocenters. The number of amides is 3. The molecule has 3 N–H and O–H groups in total. The molecule has 3 amide bonds. The number of aryl methyl sites for hydroxylation is 1. The summed E-state index contributed by atoms with van der Waals surface area (Å²) in [7, 11) is 0. The molecule has 0 bridgehead atoms. The third-order valence-corrected chi connectivity index (χ3v) is 6.79. The lowest BCUT2D eigenvalue weighted by Gasteiger charge is -2.34. The monoisotopic (exact) mass is 501 g/mol. The molecule has 2 aliphatic rings. The number of nitrogens with zero attached hydrogens (tertiary/aromatic N) is 3. The molecule has 2 atom stereocenters. The summed E-state index contributed by atoms with van der Waals surface area (Å²) in [5.41, 5.74) is 7.03. The van der Waals surface area contributed by atoms with Crippen LogP contribution in [0.5, 0.6) is 0 Å². The zero-order valence-electron chi connectivity index (χ0n) is 22.3. The van der Waals surface area contributed by atoms with Gasteiger partial charge in [-0.1, -0.05) is 38.5 Å². The van der Waals surface area contributed by atoms with Crippen molar-refractivity contribution in [2.75, 3.05) is 59.0 Å². The van der Waals surface area contributed by atoms with Crippen LogP contribution in [0.1, 0.15) is 49.5 Å². The first kappa shape index (κ1) is 28.1. The van der Waals surface area contributed by atoms with Gasteiger partial charge in [-0.2, -0.15) is 0 Å². The Morgan fingerprint density at radius 3 is 2.42 bits per heavy atom. The number of ether oxygens (including phenoxy) is 1. The van der Waals surface area contributed by atoms with Crippen LogP contribution in [0.3, 0.4) is 0 Å². The third kappa shape index (κ3) is 7.75. The van der Waals surface area contributed by atoms with Crippen molar-refractivity contribution < 1.29 is 19.1 Å². The van der Waals surface area contributed by atoms with Gasteiger partial charge in [0, 0.05) is 57.8 Å². The average molecular weight is 502 g/mol. The number of nitrogens with one attached hydrogen (secondary N) is 1. The van der Waals surface area contributed by atoms with E-state index in [-0.39, 0.29) is 29.2 Å². The van der Waals surface area contributed by atoms with Crippen LogP contribution < -0.4 is 11.1 Å². The van der Waals surface area contributed by atoms with Gasteiger partial charge < -0.3 is 25.6 Å². The van der Waals surface area contributed by atoms with Crippen molar-refractivity contribution in [3.05, 3.63) is 35.4 Å². The first-order chi connectivity index (χ1) is 17.1. The predicted octanol–water partition coefficient (Wildman–Crippen LogP) is 1.25. The molecule has 3 rings (SSSR count). The van der Waals surface area contributed by atoms with Gasteiger partial charge in [0.2, 0.25) is 11.8 Å². The second kappa shape index (κ2) is 12.7. The van der Waals surface area contributed by atoms with Gasteiger partial charge in [0.25, 0.3) is 5.91 Å². The Morgan fingerprint density at radius 1 is 1.14 bits per heavy atom. The van der Waals surface area contributed by atoms with Crippen LogP contribution in [0.4, 0.5) is 0 Å². The van der Waals surface area contributed by atoms with Crippen molar-refractivity contribution in [2.24, 2.45) is 11.1 Å². The summed E-state index contributed by atoms with van der Waals surface area (Å²) in [5, 5.41) is 2.85. The summed E-state index contributed by atoms with van der Waals surface area (Å²) in [4.78, 5) is 46.0. The van der Waals surface area contributed by atoms with Crippen molar-refractivity contribution in [2.45, 2.75) is 52.6 Å². The molecule has 200 valence electrons. The molecule has 2 aliphatic heterocycles. The highest BCUT2D eigenvalue weighted by molar-refractivity contribution is 5.98. The topological polar surface area (TPSA) is 108 Å². The Hall–Kier alpha value is -2.49. The first-order valence-electron chi connectivity index (χ1n) is 13.0. The Labute approximate surface area is 215 Å². The van der Waals surface area contributed by atoms with Gasteiger partial charge >= 0.3 is 0 Å². The standard InChI is InChI=1S/C27H43N5O4/c1-20-5-7-21(8-6-20)26(35)32-19-22(17-23(32)25(34)29-10-9-28)31(24(33)18-27(2,3)4)12-11-30-13-15-36-16-14-30/h5-8,22-23H,9-19,28H2,1-4H3,(H,29,34). The molecule has 36 heavy (non-hydrogen) atoms. The quantitative estimate of drug-likeness (QED) is 0.527. The highest BCUT2D eigenvalue weighted by atomic mass is 16.5. The lowest BCUT2D eigenvalue weighted by atomic mass is 9.91. The van der Waals surface area contributed by atoms with E-state index in [1.165, 1.54) is 0 Å². The molecular formula is C27H43N5O4. The van der Waals surface area contributed by atoms with Crippen LogP contribution in [-0.2, 0) is 14.3 Å². The van der Waals surface area contributed by atoms with Crippen LogP contribution in [0.2, 0.25) is 0 Å². The second-order valence-corrected chi connectivity index (χ2v) is 11.1. The fourth-order valence-electron chi connectivity index (χ4n) is 4.83. The molecular weight excluding hydrogens is 458 g/mol. The first-order valence-corrected chi connectivity index (χ1v) is 13.0. The maximum Gasteiger partial charge on any atom is 0.254 e. The fraction of sp³-hybridized carbons (Fsp3) is 0.667. The Kier molecular flexibility index (Phi) is 9.87. The smallest absolute Gasteiger partial charge is 0.254 e. The van der Waals surface area contributed by atoms with Gasteiger partial charge in [-0.15, -0.1) is 0 Å². The molecule has 9 nitrogen and oxygen atoms in total. The SMILES string of the molecule is Cc1ccc(C(=O)N2CC(N(CCN3CCOCC3)C(=O)CC(C)(C)C)CC2C(=O)NCCN)cc1. The van der Waals surface area contributed by atoms with E-state index in [9.17, 15) is 14.4 Å². The van der Waals surface area contributed by atoms with Crippen LogP contribution in [-0.4, -0.2) is 104 Å². The highest BCUT2D eigenvalue weighted by Crippen LogP contribution is 2.28. The molecule has 2 heterocycles. The van der Waals surface area contributed by atoms with Crippen LogP contribution in [0.15, 0.2) is 24.3 Å². The average Bonchev–Trinajstić information content (AvgIpc) is 3.27. The van der Waals surface area contributed by atoms with Crippen molar-refractivity contribution in [1.82, 2.24) is 20.0 Å². The summed E-state index contributed by atoms with van der Waals surface area (Å²) in [6, 6.07) is 6.49. The summed E-state index contributed by atoms with van der Waals surface area (Å²) in [6.07, 6.45) is 0.815. The Morgan fingerprint density at radius 2 is 1.81 bits per heavy atom. The van der Waals surface area contributed by atoms with Gasteiger partial charge in [-0.25, -0.2) is 0 Å². The van der Waals surface area contributed by atoms with Crippen molar-refractivity contribution in [3.8, 4) is 0 Å². The fourth-order valence-corrected chi connectivity index (χ4v) is 4.83. The normalized spacial score (nSPS) is 20.9. The van der Waals surface area contributed by atoms with E-state index in [2.05, 4.69) is 31.0 Å². The van der Waals surface area contributed by atoms with E-state index in [1.54, 1.807) is 17.0 Å². The zero-order chi connectivity index (χ0) is 26.3. The molecule has 1 aromatic rings. The van der Waals surface area contributed by atoms with E-state index in [0.717, 1.165) is 25.2 Å². The van der Waals surface area contributed by atoms with Crippen LogP contribution in [0.25, 0.3) is 0 Å². The minimum Gasteiger partial charge on any atom is -0.379 e. The van der Waals surface area contributed by atoms with Crippen molar-refractivity contribution in [3.63, 3.8) is 0 Å². The number of carbonyl (C=O) groups is 3. The minimum absolute atomic E-state index is 0.0616. The molecule has 0 saturated carbocycles. The maximum absolute atomic E-state index is 13.5. The minimum atomic E-state index is -0.649. The molecule has 9 heteroatoms. The van der Waals surface area contributed by atoms with E-state index >= 15 is 0 Å². The van der Waals surface area contributed by atoms with Gasteiger partial charge in [-0.3, -0.25) is 19.3 Å². The van der Waals surface area contributed by atoms with E-state index < -0.39 is 6.04 Å². The number of hydrogen-bond donors (Lipinski definition) is 2. The molecule has 0 spiro atoms. The maximum atomic E-state index is 13.5. The number of carbonyl (C=O) groups excluding carboxylic acids is 3. The van der Waals surface area contributed by atoms with Gasteiger partial charge in [0.1, 0.15) is 6.04 Å². The molecule has 0 aromatic heterocycles. The Balaban J connectivity index is 1.83. The van der Waals surface area contributed by atoms with E-state index in [1.807, 2.05) is 24.0 Å². The van der Waals surface area contributed by atoms with Gasteiger partial charge in [-0.05, 0) is 30.9 Å². The van der Waals surface area contributed by atoms with Crippen molar-refractivity contribution >= 4 is 17.7 Å².